The van der Waals surface area contributed by atoms with Crippen LogP contribution in [0.25, 0.3) is 0 Å². The van der Waals surface area contributed by atoms with E-state index in [0.29, 0.717) is 0 Å². The summed E-state index contributed by atoms with van der Waals surface area (Å²) in [5.41, 5.74) is -0.505. The second kappa shape index (κ2) is 6.06. The number of morpholine rings is 1. The van der Waals surface area contributed by atoms with Crippen LogP contribution in [0.5, 0.6) is 0 Å². The molecular formula is C12H15FN2O5S. The van der Waals surface area contributed by atoms with Crippen LogP contribution >= 0.6 is 0 Å². The van der Waals surface area contributed by atoms with Crippen molar-refractivity contribution in [2.45, 2.75) is 4.90 Å². The van der Waals surface area contributed by atoms with Crippen LogP contribution in [0.1, 0.15) is 10.4 Å². The zero-order valence-corrected chi connectivity index (χ0v) is 12.1. The molecule has 1 amide bonds. The fourth-order valence-corrected chi connectivity index (χ4v) is 3.37. The van der Waals surface area contributed by atoms with Gasteiger partial charge in [-0.25, -0.2) is 17.9 Å². The number of amides is 1. The topological polar surface area (TPSA) is 87.2 Å². The van der Waals surface area contributed by atoms with Crippen molar-refractivity contribution in [1.82, 2.24) is 9.37 Å². The van der Waals surface area contributed by atoms with E-state index in [4.69, 9.17) is 9.94 Å². The molecule has 21 heavy (non-hydrogen) atoms. The Morgan fingerprint density at radius 2 is 2.00 bits per heavy atom. The van der Waals surface area contributed by atoms with Crippen molar-refractivity contribution in [2.24, 2.45) is 0 Å². The van der Waals surface area contributed by atoms with Gasteiger partial charge >= 0.3 is 0 Å². The quantitative estimate of drug-likeness (QED) is 0.640. The van der Waals surface area contributed by atoms with Crippen molar-refractivity contribution in [3.63, 3.8) is 0 Å². The van der Waals surface area contributed by atoms with E-state index in [1.54, 1.807) is 0 Å². The predicted molar refractivity (Wildman–Crippen MR) is 69.9 cm³/mol. The van der Waals surface area contributed by atoms with Crippen molar-refractivity contribution in [3.8, 4) is 0 Å². The lowest BCUT2D eigenvalue weighted by atomic mass is 10.2. The molecule has 0 spiro atoms. The van der Waals surface area contributed by atoms with Crippen molar-refractivity contribution in [3.05, 3.63) is 29.6 Å². The van der Waals surface area contributed by atoms with Crippen LogP contribution in [-0.4, -0.2) is 62.3 Å². The normalized spacial score (nSPS) is 16.7. The first-order valence-corrected chi connectivity index (χ1v) is 7.62. The molecule has 0 atom stereocenters. The average molecular weight is 318 g/mol. The summed E-state index contributed by atoms with van der Waals surface area (Å²) in [5, 5.41) is 9.28. The summed E-state index contributed by atoms with van der Waals surface area (Å²) in [6, 6.07) is 2.91. The Labute approximate surface area is 121 Å². The highest BCUT2D eigenvalue weighted by atomic mass is 32.2. The van der Waals surface area contributed by atoms with Crippen LogP contribution in [0.15, 0.2) is 23.1 Å². The lowest BCUT2D eigenvalue weighted by Gasteiger charge is -2.26. The van der Waals surface area contributed by atoms with E-state index in [9.17, 15) is 17.6 Å². The molecule has 1 aliphatic rings. The number of hydroxylamine groups is 2. The van der Waals surface area contributed by atoms with Crippen molar-refractivity contribution >= 4 is 15.9 Å². The van der Waals surface area contributed by atoms with Crippen LogP contribution in [-0.2, 0) is 14.8 Å². The molecule has 1 aliphatic heterocycles. The largest absolute Gasteiger partial charge is 0.379 e. The SMILES string of the molecule is CN(O)C(=O)c1cc(S(=O)(=O)N2CCOCC2)ccc1F. The monoisotopic (exact) mass is 318 g/mol. The maximum atomic E-state index is 13.6. The van der Waals surface area contributed by atoms with E-state index in [1.165, 1.54) is 4.31 Å². The molecule has 0 aromatic heterocycles. The Hall–Kier alpha value is -1.55. The zero-order chi connectivity index (χ0) is 15.6. The Morgan fingerprint density at radius 3 is 2.57 bits per heavy atom. The smallest absolute Gasteiger partial charge is 0.279 e. The summed E-state index contributed by atoms with van der Waals surface area (Å²) in [6.07, 6.45) is 0. The van der Waals surface area contributed by atoms with Crippen molar-refractivity contribution < 1.29 is 27.5 Å². The molecule has 0 saturated carbocycles. The van der Waals surface area contributed by atoms with Gasteiger partial charge in [-0.1, -0.05) is 0 Å². The highest BCUT2D eigenvalue weighted by molar-refractivity contribution is 7.89. The Bertz CT molecular complexity index is 641. The van der Waals surface area contributed by atoms with Gasteiger partial charge in [-0.05, 0) is 18.2 Å². The van der Waals surface area contributed by atoms with E-state index in [2.05, 4.69) is 0 Å². The second-order valence-corrected chi connectivity index (χ2v) is 6.42. The number of halogens is 1. The standard InChI is InChI=1S/C12H15FN2O5S/c1-14(17)12(16)10-8-9(2-3-11(10)13)21(18,19)15-4-6-20-7-5-15/h2-3,8,17H,4-7H2,1H3. The summed E-state index contributed by atoms with van der Waals surface area (Å²) in [7, 11) is -2.79. The maximum absolute atomic E-state index is 13.6. The van der Waals surface area contributed by atoms with Crippen LogP contribution in [0.2, 0.25) is 0 Å². The molecule has 0 radical (unpaired) electrons. The van der Waals surface area contributed by atoms with E-state index < -0.39 is 27.3 Å². The predicted octanol–water partition coefficient (Wildman–Crippen LogP) is 0.308. The van der Waals surface area contributed by atoms with Gasteiger partial charge in [-0.3, -0.25) is 10.0 Å². The lowest BCUT2D eigenvalue weighted by Crippen LogP contribution is -2.40. The third-order valence-corrected chi connectivity index (χ3v) is 4.96. The van der Waals surface area contributed by atoms with E-state index in [0.717, 1.165) is 25.2 Å². The minimum absolute atomic E-state index is 0.197. The number of sulfonamides is 1. The molecule has 2 rings (SSSR count). The molecule has 1 heterocycles. The number of carbonyl (C=O) groups is 1. The fraction of sp³-hybridized carbons (Fsp3) is 0.417. The number of ether oxygens (including phenoxy) is 1. The van der Waals surface area contributed by atoms with Gasteiger partial charge in [0.05, 0.1) is 23.7 Å². The Balaban J connectivity index is 2.40. The number of carbonyl (C=O) groups excluding carboxylic acids is 1. The summed E-state index contributed by atoms with van der Waals surface area (Å²) in [4.78, 5) is 11.4. The minimum Gasteiger partial charge on any atom is -0.379 e. The molecular weight excluding hydrogens is 303 g/mol. The highest BCUT2D eigenvalue weighted by Gasteiger charge is 2.28. The van der Waals surface area contributed by atoms with Gasteiger partial charge in [0.2, 0.25) is 10.0 Å². The van der Waals surface area contributed by atoms with Gasteiger partial charge in [-0.15, -0.1) is 0 Å². The van der Waals surface area contributed by atoms with Gasteiger partial charge in [0.15, 0.2) is 0 Å². The molecule has 1 saturated heterocycles. The third-order valence-electron chi connectivity index (χ3n) is 3.07. The average Bonchev–Trinajstić information content (AvgIpc) is 2.47. The summed E-state index contributed by atoms with van der Waals surface area (Å²) < 4.78 is 44.7. The molecule has 1 aromatic carbocycles. The molecule has 0 aliphatic carbocycles. The lowest BCUT2D eigenvalue weighted by molar-refractivity contribution is -0.0378. The van der Waals surface area contributed by atoms with Crippen LogP contribution in [0, 0.1) is 5.82 Å². The number of nitrogens with zero attached hydrogens (tertiary/aromatic N) is 2. The van der Waals surface area contributed by atoms with E-state index in [-0.39, 0.29) is 36.3 Å². The van der Waals surface area contributed by atoms with Crippen molar-refractivity contribution in [2.75, 3.05) is 33.4 Å². The summed E-state index contributed by atoms with van der Waals surface area (Å²) in [6.45, 7) is 0.961. The van der Waals surface area contributed by atoms with Crippen LogP contribution in [0.4, 0.5) is 4.39 Å². The Kier molecular flexibility index (Phi) is 4.57. The van der Waals surface area contributed by atoms with Gasteiger partial charge in [0.1, 0.15) is 5.82 Å². The first kappa shape index (κ1) is 15.8. The van der Waals surface area contributed by atoms with Gasteiger partial charge < -0.3 is 4.74 Å². The highest BCUT2D eigenvalue weighted by Crippen LogP contribution is 2.20. The molecule has 7 nitrogen and oxygen atoms in total. The first-order valence-electron chi connectivity index (χ1n) is 6.18. The van der Waals surface area contributed by atoms with Crippen LogP contribution in [0.3, 0.4) is 0 Å². The van der Waals surface area contributed by atoms with Crippen LogP contribution < -0.4 is 0 Å². The summed E-state index contributed by atoms with van der Waals surface area (Å²) >= 11 is 0. The Morgan fingerprint density at radius 1 is 1.38 bits per heavy atom. The molecule has 0 unspecified atom stereocenters. The van der Waals surface area contributed by atoms with E-state index >= 15 is 0 Å². The number of rotatable bonds is 3. The maximum Gasteiger partial charge on any atom is 0.279 e. The fourth-order valence-electron chi connectivity index (χ4n) is 1.94. The summed E-state index contributed by atoms with van der Waals surface area (Å²) in [5.74, 6) is -1.92. The number of hydrogen-bond acceptors (Lipinski definition) is 5. The molecule has 1 aromatic rings. The second-order valence-electron chi connectivity index (χ2n) is 4.49. The molecule has 1 N–H and O–H groups in total. The van der Waals surface area contributed by atoms with Gasteiger partial charge in [0.25, 0.3) is 5.91 Å². The first-order chi connectivity index (χ1) is 9.84. The van der Waals surface area contributed by atoms with Gasteiger partial charge in [-0.2, -0.15) is 4.31 Å². The van der Waals surface area contributed by atoms with Gasteiger partial charge in [0, 0.05) is 20.1 Å². The molecule has 0 bridgehead atoms. The molecule has 1 fully saturated rings. The third kappa shape index (κ3) is 3.21. The van der Waals surface area contributed by atoms with E-state index in [1.807, 2.05) is 0 Å². The molecule has 116 valence electrons. The minimum atomic E-state index is -3.83. The zero-order valence-electron chi connectivity index (χ0n) is 11.3. The van der Waals surface area contributed by atoms with Crippen molar-refractivity contribution in [1.29, 1.82) is 0 Å². The molecule has 9 heteroatoms. The number of benzene rings is 1. The number of hydrogen-bond donors (Lipinski definition) is 1.